The average Bonchev–Trinajstić information content (AvgIpc) is 2.88. The fourth-order valence-corrected chi connectivity index (χ4v) is 3.31. The quantitative estimate of drug-likeness (QED) is 0.570. The summed E-state index contributed by atoms with van der Waals surface area (Å²) in [5.74, 6) is 0.903. The van der Waals surface area contributed by atoms with E-state index in [-0.39, 0.29) is 5.41 Å². The molecule has 0 radical (unpaired) electrons. The third kappa shape index (κ3) is 7.27. The number of nitrogens with one attached hydrogen (secondary N) is 2. The Hall–Kier alpha value is -1.07. The van der Waals surface area contributed by atoms with Crippen LogP contribution >= 0.6 is 11.3 Å². The summed E-state index contributed by atoms with van der Waals surface area (Å²) in [6.45, 7) is 12.4. The molecule has 0 aliphatic carbocycles. The highest BCUT2D eigenvalue weighted by atomic mass is 32.1. The normalized spacial score (nSPS) is 12.8. The minimum Gasteiger partial charge on any atom is -0.357 e. The van der Waals surface area contributed by atoms with Crippen LogP contribution in [0.1, 0.15) is 37.4 Å². The Bertz CT molecular complexity index is 463. The van der Waals surface area contributed by atoms with Gasteiger partial charge in [0.25, 0.3) is 0 Å². The van der Waals surface area contributed by atoms with Gasteiger partial charge in [0, 0.05) is 29.4 Å². The monoisotopic (exact) mass is 324 g/mol. The summed E-state index contributed by atoms with van der Waals surface area (Å²) in [4.78, 5) is 9.68. The lowest BCUT2D eigenvalue weighted by atomic mass is 9.93. The Morgan fingerprint density at radius 2 is 1.86 bits per heavy atom. The molecule has 1 rings (SSSR count). The summed E-state index contributed by atoms with van der Waals surface area (Å²) < 4.78 is 0. The van der Waals surface area contributed by atoms with Crippen LogP contribution in [0.4, 0.5) is 0 Å². The molecule has 0 saturated carbocycles. The molecule has 0 unspecified atom stereocenters. The van der Waals surface area contributed by atoms with E-state index in [1.807, 2.05) is 11.3 Å². The average molecular weight is 325 g/mol. The lowest BCUT2D eigenvalue weighted by molar-refractivity contribution is 0.241. The van der Waals surface area contributed by atoms with Gasteiger partial charge >= 0.3 is 0 Å². The zero-order valence-corrected chi connectivity index (χ0v) is 15.8. The summed E-state index contributed by atoms with van der Waals surface area (Å²) in [6.07, 6.45) is 1.10. The van der Waals surface area contributed by atoms with Crippen LogP contribution in [0.25, 0.3) is 0 Å². The van der Waals surface area contributed by atoms with E-state index in [0.29, 0.717) is 0 Å². The Kier molecular flexibility index (Phi) is 7.90. The zero-order valence-electron chi connectivity index (χ0n) is 15.0. The molecule has 0 atom stereocenters. The molecule has 0 bridgehead atoms. The molecule has 1 aromatic rings. The van der Waals surface area contributed by atoms with Gasteiger partial charge < -0.3 is 15.5 Å². The van der Waals surface area contributed by atoms with Gasteiger partial charge in [0.05, 0.1) is 6.54 Å². The Morgan fingerprint density at radius 3 is 2.41 bits per heavy atom. The van der Waals surface area contributed by atoms with Crippen molar-refractivity contribution >= 4 is 17.3 Å². The molecular formula is C17H32N4S. The predicted octanol–water partition coefficient (Wildman–Crippen LogP) is 2.95. The van der Waals surface area contributed by atoms with Gasteiger partial charge in [0.2, 0.25) is 0 Å². The van der Waals surface area contributed by atoms with E-state index in [1.165, 1.54) is 9.75 Å². The van der Waals surface area contributed by atoms with Gasteiger partial charge in [-0.25, -0.2) is 4.99 Å². The summed E-state index contributed by atoms with van der Waals surface area (Å²) in [5.41, 5.74) is 0.206. The van der Waals surface area contributed by atoms with Crippen LogP contribution < -0.4 is 10.6 Å². The number of rotatable bonds is 8. The SMILES string of the molecule is CCNC(=NCc1ccc(CC)s1)NCC(C)(C)CN(C)C. The van der Waals surface area contributed by atoms with Crippen molar-refractivity contribution in [3.63, 3.8) is 0 Å². The van der Waals surface area contributed by atoms with Crippen LogP contribution in [0.15, 0.2) is 17.1 Å². The molecule has 126 valence electrons. The molecule has 4 nitrogen and oxygen atoms in total. The van der Waals surface area contributed by atoms with Crippen molar-refractivity contribution in [2.75, 3.05) is 33.7 Å². The molecule has 0 saturated heterocycles. The van der Waals surface area contributed by atoms with Crippen LogP contribution in [0, 0.1) is 5.41 Å². The van der Waals surface area contributed by atoms with E-state index < -0.39 is 0 Å². The molecule has 2 N–H and O–H groups in total. The van der Waals surface area contributed by atoms with Crippen molar-refractivity contribution in [3.8, 4) is 0 Å². The second kappa shape index (κ2) is 9.16. The number of hydrogen-bond acceptors (Lipinski definition) is 3. The summed E-state index contributed by atoms with van der Waals surface area (Å²) in [5, 5.41) is 6.80. The van der Waals surface area contributed by atoms with E-state index in [4.69, 9.17) is 4.99 Å². The van der Waals surface area contributed by atoms with Crippen molar-refractivity contribution in [2.24, 2.45) is 10.4 Å². The summed E-state index contributed by atoms with van der Waals surface area (Å²) in [7, 11) is 4.23. The first-order valence-electron chi connectivity index (χ1n) is 8.10. The molecule has 0 spiro atoms. The molecule has 1 aromatic heterocycles. The third-order valence-corrected chi connectivity index (χ3v) is 4.50. The zero-order chi connectivity index (χ0) is 16.6. The number of hydrogen-bond donors (Lipinski definition) is 2. The predicted molar refractivity (Wildman–Crippen MR) is 98.9 cm³/mol. The number of nitrogens with zero attached hydrogens (tertiary/aromatic N) is 2. The second-order valence-electron chi connectivity index (χ2n) is 6.67. The number of aliphatic imine (C=N–C) groups is 1. The summed E-state index contributed by atoms with van der Waals surface area (Å²) >= 11 is 1.86. The van der Waals surface area contributed by atoms with Crippen LogP contribution in [0.3, 0.4) is 0 Å². The van der Waals surface area contributed by atoms with Gasteiger partial charge in [-0.3, -0.25) is 0 Å². The van der Waals surface area contributed by atoms with Gasteiger partial charge in [-0.2, -0.15) is 0 Å². The standard InChI is InChI=1S/C17H32N4S/c1-7-14-9-10-15(22-14)11-19-16(18-8-2)20-12-17(3,4)13-21(5)6/h9-10H,7-8,11-13H2,1-6H3,(H2,18,19,20). The topological polar surface area (TPSA) is 39.7 Å². The van der Waals surface area contributed by atoms with Crippen molar-refractivity contribution in [3.05, 3.63) is 21.9 Å². The van der Waals surface area contributed by atoms with E-state index in [9.17, 15) is 0 Å². The number of aryl methyl sites for hydroxylation is 1. The highest BCUT2D eigenvalue weighted by Crippen LogP contribution is 2.18. The van der Waals surface area contributed by atoms with Crippen LogP contribution in [-0.2, 0) is 13.0 Å². The first-order valence-corrected chi connectivity index (χ1v) is 8.92. The molecule has 0 aromatic carbocycles. The van der Waals surface area contributed by atoms with E-state index >= 15 is 0 Å². The summed E-state index contributed by atoms with van der Waals surface area (Å²) in [6, 6.07) is 4.39. The Labute approximate surface area is 140 Å². The van der Waals surface area contributed by atoms with Crippen molar-refractivity contribution in [1.82, 2.24) is 15.5 Å². The molecule has 5 heteroatoms. The van der Waals surface area contributed by atoms with Crippen LogP contribution in [-0.4, -0.2) is 44.6 Å². The minimum absolute atomic E-state index is 0.206. The molecule has 1 heterocycles. The van der Waals surface area contributed by atoms with Gasteiger partial charge in [0.1, 0.15) is 0 Å². The van der Waals surface area contributed by atoms with Crippen LogP contribution in [0.5, 0.6) is 0 Å². The number of guanidine groups is 1. The highest BCUT2D eigenvalue weighted by molar-refractivity contribution is 7.11. The molecule has 0 amide bonds. The smallest absolute Gasteiger partial charge is 0.191 e. The van der Waals surface area contributed by atoms with Gasteiger partial charge in [-0.1, -0.05) is 20.8 Å². The van der Waals surface area contributed by atoms with Gasteiger partial charge in [-0.05, 0) is 45.0 Å². The van der Waals surface area contributed by atoms with E-state index in [2.05, 4.69) is 69.5 Å². The molecular weight excluding hydrogens is 292 g/mol. The van der Waals surface area contributed by atoms with E-state index in [0.717, 1.165) is 38.6 Å². The van der Waals surface area contributed by atoms with Crippen molar-refractivity contribution in [1.29, 1.82) is 0 Å². The van der Waals surface area contributed by atoms with Gasteiger partial charge in [-0.15, -0.1) is 11.3 Å². The first-order chi connectivity index (χ1) is 10.4. The third-order valence-electron chi connectivity index (χ3n) is 3.28. The lowest BCUT2D eigenvalue weighted by Crippen LogP contribution is -2.44. The first kappa shape index (κ1) is 19.0. The number of thiophene rings is 1. The van der Waals surface area contributed by atoms with Crippen molar-refractivity contribution in [2.45, 2.75) is 40.7 Å². The Morgan fingerprint density at radius 1 is 1.18 bits per heavy atom. The maximum Gasteiger partial charge on any atom is 0.191 e. The molecule has 0 aliphatic heterocycles. The van der Waals surface area contributed by atoms with Crippen LogP contribution in [0.2, 0.25) is 0 Å². The lowest BCUT2D eigenvalue weighted by Gasteiger charge is -2.29. The fraction of sp³-hybridized carbons (Fsp3) is 0.706. The molecule has 0 fully saturated rings. The van der Waals surface area contributed by atoms with E-state index in [1.54, 1.807) is 0 Å². The largest absolute Gasteiger partial charge is 0.357 e. The maximum atomic E-state index is 4.70. The molecule has 22 heavy (non-hydrogen) atoms. The fourth-order valence-electron chi connectivity index (χ4n) is 2.43. The second-order valence-corrected chi connectivity index (χ2v) is 7.93. The maximum absolute atomic E-state index is 4.70. The molecule has 0 aliphatic rings. The highest BCUT2D eigenvalue weighted by Gasteiger charge is 2.19. The van der Waals surface area contributed by atoms with Crippen molar-refractivity contribution < 1.29 is 0 Å². The van der Waals surface area contributed by atoms with Gasteiger partial charge in [0.15, 0.2) is 5.96 Å². The Balaban J connectivity index is 2.58. The minimum atomic E-state index is 0.206.